The molecule has 0 spiro atoms. The molecule has 1 aromatic carbocycles. The number of benzene rings is 1. The molecule has 3 aromatic rings. The van der Waals surface area contributed by atoms with Gasteiger partial charge in [0.1, 0.15) is 5.75 Å². The molecule has 0 aliphatic heterocycles. The number of nitrogens with two attached hydrogens (primary N) is 1. The van der Waals surface area contributed by atoms with E-state index in [4.69, 9.17) is 10.5 Å². The predicted octanol–water partition coefficient (Wildman–Crippen LogP) is 2.30. The Balaban J connectivity index is 1.87. The Morgan fingerprint density at radius 2 is 2.17 bits per heavy atom. The van der Waals surface area contributed by atoms with Crippen LogP contribution < -0.4 is 10.5 Å². The molecule has 0 aliphatic carbocycles. The molecule has 3 rings (SSSR count). The number of hydrogen-bond acceptors (Lipinski definition) is 6. The molecule has 3 N–H and O–H groups in total. The van der Waals surface area contributed by atoms with Gasteiger partial charge < -0.3 is 10.5 Å². The number of ether oxygens (including phenoxy) is 1. The number of hydrogen-bond donors (Lipinski definition) is 2. The van der Waals surface area contributed by atoms with Crippen molar-refractivity contribution in [2.24, 2.45) is 0 Å². The van der Waals surface area contributed by atoms with E-state index in [1.165, 1.54) is 11.3 Å². The number of nitrogens with one attached hydrogen (secondary N) is 1. The van der Waals surface area contributed by atoms with Crippen molar-refractivity contribution in [1.29, 1.82) is 0 Å². The van der Waals surface area contributed by atoms with Crippen LogP contribution in [-0.4, -0.2) is 20.4 Å². The zero-order valence-electron chi connectivity index (χ0n) is 9.20. The van der Waals surface area contributed by atoms with Crippen LogP contribution >= 0.6 is 11.3 Å². The van der Waals surface area contributed by atoms with Crippen molar-refractivity contribution in [2.45, 2.75) is 0 Å². The molecule has 0 fully saturated rings. The number of aromatic nitrogens is 4. The fraction of sp³-hybridized carbons (Fsp3) is 0. The Morgan fingerprint density at radius 3 is 2.89 bits per heavy atom. The second-order valence-corrected chi connectivity index (χ2v) is 4.49. The average Bonchev–Trinajstić information content (AvgIpc) is 3.01. The van der Waals surface area contributed by atoms with Gasteiger partial charge in [-0.05, 0) is 29.0 Å². The highest BCUT2D eigenvalue weighted by molar-refractivity contribution is 7.16. The minimum atomic E-state index is 0.385. The van der Waals surface area contributed by atoms with Crippen LogP contribution in [0.2, 0.25) is 0 Å². The van der Waals surface area contributed by atoms with E-state index in [1.807, 2.05) is 30.5 Å². The first kappa shape index (κ1) is 10.7. The lowest BCUT2D eigenvalue weighted by atomic mass is 10.1. The second kappa shape index (κ2) is 4.46. The lowest BCUT2D eigenvalue weighted by molar-refractivity contribution is 0.473. The predicted molar refractivity (Wildman–Crippen MR) is 68.4 cm³/mol. The third-order valence-corrected chi connectivity index (χ3v) is 2.92. The SMILES string of the molecule is Nc1nnc(Oc2cccc(-c3cn[nH]c3)c2)s1. The molecule has 90 valence electrons. The molecular formula is C11H9N5OS. The van der Waals surface area contributed by atoms with Gasteiger partial charge >= 0.3 is 5.19 Å². The van der Waals surface area contributed by atoms with Gasteiger partial charge in [-0.3, -0.25) is 5.10 Å². The van der Waals surface area contributed by atoms with Crippen LogP contribution in [0.1, 0.15) is 0 Å². The lowest BCUT2D eigenvalue weighted by Gasteiger charge is -2.02. The molecule has 2 aromatic heterocycles. The molecule has 0 atom stereocenters. The van der Waals surface area contributed by atoms with E-state index in [1.54, 1.807) is 6.20 Å². The van der Waals surface area contributed by atoms with E-state index < -0.39 is 0 Å². The Hall–Kier alpha value is -2.41. The molecule has 0 saturated heterocycles. The molecule has 7 heteroatoms. The first-order valence-corrected chi connectivity index (χ1v) is 5.99. The maximum Gasteiger partial charge on any atom is 0.301 e. The van der Waals surface area contributed by atoms with Gasteiger partial charge in [0.15, 0.2) is 0 Å². The molecule has 2 heterocycles. The summed E-state index contributed by atoms with van der Waals surface area (Å²) in [6, 6.07) is 7.64. The third-order valence-electron chi connectivity index (χ3n) is 2.29. The Kier molecular flexibility index (Phi) is 2.66. The van der Waals surface area contributed by atoms with Crippen molar-refractivity contribution in [1.82, 2.24) is 20.4 Å². The van der Waals surface area contributed by atoms with E-state index in [0.717, 1.165) is 11.1 Å². The summed E-state index contributed by atoms with van der Waals surface area (Å²) in [7, 11) is 0. The summed E-state index contributed by atoms with van der Waals surface area (Å²) in [6.07, 6.45) is 3.57. The highest BCUT2D eigenvalue weighted by Crippen LogP contribution is 2.29. The Morgan fingerprint density at radius 1 is 1.22 bits per heavy atom. The summed E-state index contributed by atoms with van der Waals surface area (Å²) < 4.78 is 5.57. The van der Waals surface area contributed by atoms with Gasteiger partial charge in [-0.2, -0.15) is 5.10 Å². The van der Waals surface area contributed by atoms with E-state index in [0.29, 0.717) is 16.1 Å². The van der Waals surface area contributed by atoms with Crippen molar-refractivity contribution in [2.75, 3.05) is 5.73 Å². The summed E-state index contributed by atoms with van der Waals surface area (Å²) in [5.41, 5.74) is 7.50. The number of aromatic amines is 1. The van der Waals surface area contributed by atoms with E-state index in [2.05, 4.69) is 20.4 Å². The molecular weight excluding hydrogens is 250 g/mol. The number of H-pyrrole nitrogens is 1. The Bertz CT molecular complexity index is 649. The fourth-order valence-electron chi connectivity index (χ4n) is 1.51. The first-order chi connectivity index (χ1) is 8.81. The highest BCUT2D eigenvalue weighted by atomic mass is 32.1. The summed E-state index contributed by atoms with van der Waals surface area (Å²) in [6.45, 7) is 0. The van der Waals surface area contributed by atoms with Crippen LogP contribution in [0.3, 0.4) is 0 Å². The molecule has 18 heavy (non-hydrogen) atoms. The van der Waals surface area contributed by atoms with Gasteiger partial charge in [-0.25, -0.2) is 0 Å². The minimum Gasteiger partial charge on any atom is -0.430 e. The van der Waals surface area contributed by atoms with Gasteiger partial charge in [0.2, 0.25) is 5.13 Å². The standard InChI is InChI=1S/C11H9N5OS/c12-10-15-16-11(18-10)17-9-3-1-2-7(4-9)8-5-13-14-6-8/h1-6H,(H2,12,15)(H,13,14). The average molecular weight is 259 g/mol. The minimum absolute atomic E-state index is 0.385. The van der Waals surface area contributed by atoms with Crippen molar-refractivity contribution < 1.29 is 4.74 Å². The van der Waals surface area contributed by atoms with Crippen LogP contribution in [0.4, 0.5) is 5.13 Å². The molecule has 0 bridgehead atoms. The maximum atomic E-state index is 5.57. The fourth-order valence-corrected chi connectivity index (χ4v) is 1.99. The largest absolute Gasteiger partial charge is 0.430 e. The first-order valence-electron chi connectivity index (χ1n) is 5.17. The van der Waals surface area contributed by atoms with Crippen molar-refractivity contribution in [3.05, 3.63) is 36.7 Å². The van der Waals surface area contributed by atoms with E-state index in [9.17, 15) is 0 Å². The molecule has 0 aliphatic rings. The normalized spacial score (nSPS) is 10.4. The summed E-state index contributed by atoms with van der Waals surface area (Å²) >= 11 is 1.20. The topological polar surface area (TPSA) is 89.7 Å². The van der Waals surface area contributed by atoms with Crippen molar-refractivity contribution in [3.63, 3.8) is 0 Å². The zero-order valence-corrected chi connectivity index (χ0v) is 10.0. The van der Waals surface area contributed by atoms with Crippen molar-refractivity contribution >= 4 is 16.5 Å². The number of nitrogen functional groups attached to an aromatic ring is 1. The van der Waals surface area contributed by atoms with Crippen LogP contribution in [0.15, 0.2) is 36.7 Å². The third kappa shape index (κ3) is 2.16. The lowest BCUT2D eigenvalue weighted by Crippen LogP contribution is -1.84. The van der Waals surface area contributed by atoms with E-state index >= 15 is 0 Å². The maximum absolute atomic E-state index is 5.57. The van der Waals surface area contributed by atoms with Gasteiger partial charge in [-0.1, -0.05) is 17.2 Å². The number of nitrogens with zero attached hydrogens (tertiary/aromatic N) is 3. The second-order valence-electron chi connectivity index (χ2n) is 3.52. The highest BCUT2D eigenvalue weighted by Gasteiger charge is 2.05. The molecule has 0 amide bonds. The van der Waals surface area contributed by atoms with Crippen LogP contribution in [0.5, 0.6) is 10.9 Å². The summed E-state index contributed by atoms with van der Waals surface area (Å²) in [4.78, 5) is 0. The van der Waals surface area contributed by atoms with Crippen LogP contribution in [-0.2, 0) is 0 Å². The smallest absolute Gasteiger partial charge is 0.301 e. The van der Waals surface area contributed by atoms with Gasteiger partial charge in [0.25, 0.3) is 0 Å². The molecule has 0 radical (unpaired) electrons. The molecule has 0 saturated carbocycles. The van der Waals surface area contributed by atoms with E-state index in [-0.39, 0.29) is 0 Å². The summed E-state index contributed by atoms with van der Waals surface area (Å²) in [5, 5.41) is 15.0. The number of anilines is 1. The quantitative estimate of drug-likeness (QED) is 0.753. The van der Waals surface area contributed by atoms with Crippen LogP contribution in [0.25, 0.3) is 11.1 Å². The summed E-state index contributed by atoms with van der Waals surface area (Å²) in [5.74, 6) is 0.685. The van der Waals surface area contributed by atoms with Gasteiger partial charge in [0.05, 0.1) is 6.20 Å². The number of rotatable bonds is 3. The molecule has 6 nitrogen and oxygen atoms in total. The van der Waals surface area contributed by atoms with Crippen LogP contribution in [0, 0.1) is 0 Å². The van der Waals surface area contributed by atoms with Crippen molar-refractivity contribution in [3.8, 4) is 22.1 Å². The zero-order chi connectivity index (χ0) is 12.4. The monoisotopic (exact) mass is 259 g/mol. The Labute approximate surface area is 106 Å². The van der Waals surface area contributed by atoms with Gasteiger partial charge in [-0.15, -0.1) is 5.10 Å². The van der Waals surface area contributed by atoms with Gasteiger partial charge in [0, 0.05) is 11.8 Å². The molecule has 0 unspecified atom stereocenters.